The van der Waals surface area contributed by atoms with Crippen LogP contribution in [0.25, 0.3) is 11.2 Å². The molecule has 0 spiro atoms. The predicted octanol–water partition coefficient (Wildman–Crippen LogP) is 3.82. The second kappa shape index (κ2) is 3.56. The Balaban J connectivity index is 2.56. The van der Waals surface area contributed by atoms with Crippen molar-refractivity contribution in [3.8, 4) is 0 Å². The topological polar surface area (TPSA) is 38.9 Å². The van der Waals surface area contributed by atoms with Gasteiger partial charge in [-0.1, -0.05) is 41.5 Å². The zero-order valence-corrected chi connectivity index (χ0v) is 11.5. The molecule has 0 saturated carbocycles. The highest BCUT2D eigenvalue weighted by molar-refractivity contribution is 5.68. The Morgan fingerprint density at radius 2 is 1.65 bits per heavy atom. The molecule has 0 N–H and O–H groups in total. The fourth-order valence-corrected chi connectivity index (χ4v) is 1.55. The van der Waals surface area contributed by atoms with Crippen LogP contribution in [0.1, 0.15) is 53.0 Å². The van der Waals surface area contributed by atoms with Crippen molar-refractivity contribution in [3.05, 3.63) is 23.7 Å². The lowest BCUT2D eigenvalue weighted by atomic mass is 9.88. The Bertz CT molecular complexity index is 529. The van der Waals surface area contributed by atoms with Crippen molar-refractivity contribution in [1.82, 2.24) is 9.97 Å². The summed E-state index contributed by atoms with van der Waals surface area (Å²) in [5.41, 5.74) is 2.64. The molecule has 0 aliphatic carbocycles. The zero-order valence-electron chi connectivity index (χ0n) is 11.5. The minimum absolute atomic E-state index is 0.0792. The van der Waals surface area contributed by atoms with Crippen molar-refractivity contribution < 1.29 is 4.42 Å². The van der Waals surface area contributed by atoms with Gasteiger partial charge in [-0.05, 0) is 17.0 Å². The lowest BCUT2D eigenvalue weighted by Crippen LogP contribution is -2.11. The molecule has 3 heteroatoms. The first kappa shape index (κ1) is 12.1. The maximum Gasteiger partial charge on any atom is 0.202 e. The quantitative estimate of drug-likeness (QED) is 0.693. The van der Waals surface area contributed by atoms with Gasteiger partial charge in [0, 0.05) is 11.6 Å². The molecule has 0 bridgehead atoms. The maximum atomic E-state index is 5.79. The summed E-state index contributed by atoms with van der Waals surface area (Å²) < 4.78 is 5.79. The number of rotatable bonds is 0. The van der Waals surface area contributed by atoms with Crippen LogP contribution >= 0.6 is 0 Å². The summed E-state index contributed by atoms with van der Waals surface area (Å²) in [4.78, 5) is 8.81. The first-order valence-corrected chi connectivity index (χ1v) is 5.95. The largest absolute Gasteiger partial charge is 0.438 e. The Labute approximate surface area is 102 Å². The van der Waals surface area contributed by atoms with Crippen LogP contribution in [0.2, 0.25) is 0 Å². The number of fused-ring (bicyclic) bond motifs is 1. The van der Waals surface area contributed by atoms with E-state index < -0.39 is 0 Å². The van der Waals surface area contributed by atoms with Gasteiger partial charge >= 0.3 is 0 Å². The van der Waals surface area contributed by atoms with E-state index in [4.69, 9.17) is 4.42 Å². The minimum Gasteiger partial charge on any atom is -0.438 e. The minimum atomic E-state index is -0.0808. The Kier molecular flexibility index (Phi) is 2.53. The molecule has 0 amide bonds. The third-order valence-corrected chi connectivity index (χ3v) is 2.75. The van der Waals surface area contributed by atoms with Gasteiger partial charge in [0.15, 0.2) is 11.2 Å². The van der Waals surface area contributed by atoms with Crippen molar-refractivity contribution >= 4 is 11.2 Å². The molecule has 0 radical (unpaired) electrons. The van der Waals surface area contributed by atoms with Crippen LogP contribution in [0.3, 0.4) is 0 Å². The molecule has 2 rings (SSSR count). The van der Waals surface area contributed by atoms with E-state index in [-0.39, 0.29) is 10.8 Å². The molecule has 0 fully saturated rings. The fraction of sp³-hybridized carbons (Fsp3) is 0.571. The zero-order chi connectivity index (χ0) is 12.8. The molecule has 0 aliphatic heterocycles. The third kappa shape index (κ3) is 2.33. The summed E-state index contributed by atoms with van der Waals surface area (Å²) in [7, 11) is 0. The highest BCUT2D eigenvalue weighted by Gasteiger charge is 2.22. The van der Waals surface area contributed by atoms with E-state index in [0.717, 1.165) is 11.5 Å². The van der Waals surface area contributed by atoms with Gasteiger partial charge in [-0.25, -0.2) is 4.98 Å². The SMILES string of the molecule is CC(C)(C)c1cnc2nc(C(C)(C)C)oc2c1. The van der Waals surface area contributed by atoms with Gasteiger partial charge in [0.25, 0.3) is 0 Å². The highest BCUT2D eigenvalue weighted by atomic mass is 16.3. The lowest BCUT2D eigenvalue weighted by Gasteiger charge is -2.17. The van der Waals surface area contributed by atoms with Gasteiger partial charge in [-0.2, -0.15) is 4.98 Å². The maximum absolute atomic E-state index is 5.79. The number of oxazole rings is 1. The van der Waals surface area contributed by atoms with Crippen molar-refractivity contribution in [3.63, 3.8) is 0 Å². The summed E-state index contributed by atoms with van der Waals surface area (Å²) >= 11 is 0. The van der Waals surface area contributed by atoms with Crippen molar-refractivity contribution in [1.29, 1.82) is 0 Å². The number of hydrogen-bond donors (Lipinski definition) is 0. The van der Waals surface area contributed by atoms with Crippen LogP contribution in [-0.2, 0) is 10.8 Å². The summed E-state index contributed by atoms with van der Waals surface area (Å²) in [5, 5.41) is 0. The molecule has 2 aromatic rings. The van der Waals surface area contributed by atoms with Gasteiger partial charge < -0.3 is 4.42 Å². The number of pyridine rings is 1. The predicted molar refractivity (Wildman–Crippen MR) is 69.2 cm³/mol. The third-order valence-electron chi connectivity index (χ3n) is 2.75. The molecular weight excluding hydrogens is 212 g/mol. The first-order valence-electron chi connectivity index (χ1n) is 5.95. The van der Waals surface area contributed by atoms with Gasteiger partial charge in [0.1, 0.15) is 0 Å². The summed E-state index contributed by atoms with van der Waals surface area (Å²) in [6, 6.07) is 2.05. The Morgan fingerprint density at radius 1 is 1.00 bits per heavy atom. The van der Waals surface area contributed by atoms with Crippen molar-refractivity contribution in [2.75, 3.05) is 0 Å². The average molecular weight is 232 g/mol. The van der Waals surface area contributed by atoms with E-state index in [1.165, 1.54) is 5.56 Å². The van der Waals surface area contributed by atoms with Crippen LogP contribution < -0.4 is 0 Å². The van der Waals surface area contributed by atoms with Crippen LogP contribution in [0.5, 0.6) is 0 Å². The smallest absolute Gasteiger partial charge is 0.202 e. The molecule has 2 heterocycles. The summed E-state index contributed by atoms with van der Waals surface area (Å²) in [6.45, 7) is 12.7. The molecule has 92 valence electrons. The monoisotopic (exact) mass is 232 g/mol. The van der Waals surface area contributed by atoms with E-state index >= 15 is 0 Å². The molecule has 0 unspecified atom stereocenters. The average Bonchev–Trinajstić information content (AvgIpc) is 2.57. The summed E-state index contributed by atoms with van der Waals surface area (Å²) in [5.74, 6) is 0.742. The standard InChI is InChI=1S/C14H20N2O/c1-13(2,3)9-7-10-11(15-8-9)16-12(17-10)14(4,5)6/h7-8H,1-6H3. The highest BCUT2D eigenvalue weighted by Crippen LogP contribution is 2.28. The van der Waals surface area contributed by atoms with E-state index in [1.54, 1.807) is 0 Å². The molecule has 0 aromatic carbocycles. The number of aromatic nitrogens is 2. The van der Waals surface area contributed by atoms with Gasteiger partial charge in [0.2, 0.25) is 5.89 Å². The van der Waals surface area contributed by atoms with Crippen LogP contribution in [0.4, 0.5) is 0 Å². The summed E-state index contributed by atoms with van der Waals surface area (Å²) in [6.07, 6.45) is 1.89. The van der Waals surface area contributed by atoms with Crippen molar-refractivity contribution in [2.24, 2.45) is 0 Å². The van der Waals surface area contributed by atoms with Crippen molar-refractivity contribution in [2.45, 2.75) is 52.4 Å². The molecule has 0 atom stereocenters. The van der Waals surface area contributed by atoms with Crippen LogP contribution in [0.15, 0.2) is 16.7 Å². The van der Waals surface area contributed by atoms with E-state index in [2.05, 4.69) is 51.5 Å². The Morgan fingerprint density at radius 3 is 2.18 bits per heavy atom. The molecule has 3 nitrogen and oxygen atoms in total. The normalized spacial score (nSPS) is 13.3. The second-order valence-corrected chi connectivity index (χ2v) is 6.56. The Hall–Kier alpha value is -1.38. The molecule has 17 heavy (non-hydrogen) atoms. The van der Waals surface area contributed by atoms with Gasteiger partial charge in [-0.3, -0.25) is 0 Å². The van der Waals surface area contributed by atoms with Gasteiger partial charge in [0.05, 0.1) is 0 Å². The molecular formula is C14H20N2O. The van der Waals surface area contributed by atoms with Gasteiger partial charge in [-0.15, -0.1) is 0 Å². The fourth-order valence-electron chi connectivity index (χ4n) is 1.55. The van der Waals surface area contributed by atoms with E-state index in [1.807, 2.05) is 12.3 Å². The molecule has 0 saturated heterocycles. The van der Waals surface area contributed by atoms with Crippen LogP contribution in [-0.4, -0.2) is 9.97 Å². The van der Waals surface area contributed by atoms with E-state index in [9.17, 15) is 0 Å². The molecule has 0 aliphatic rings. The van der Waals surface area contributed by atoms with Crippen LogP contribution in [0, 0.1) is 0 Å². The number of hydrogen-bond acceptors (Lipinski definition) is 3. The first-order chi connectivity index (χ1) is 7.68. The second-order valence-electron chi connectivity index (χ2n) is 6.56. The molecule has 2 aromatic heterocycles. The van der Waals surface area contributed by atoms with E-state index in [0.29, 0.717) is 5.65 Å². The number of nitrogens with zero attached hydrogens (tertiary/aromatic N) is 2. The lowest BCUT2D eigenvalue weighted by molar-refractivity contribution is 0.410.